The Bertz CT molecular complexity index is 643. The second kappa shape index (κ2) is 4.80. The summed E-state index contributed by atoms with van der Waals surface area (Å²) in [4.78, 5) is 32.7. The molecule has 1 aromatic rings. The summed E-state index contributed by atoms with van der Waals surface area (Å²) in [6.07, 6.45) is 0. The monoisotopic (exact) mass is 296 g/mol. The van der Waals surface area contributed by atoms with E-state index < -0.39 is 45.6 Å². The number of halogens is 1. The lowest BCUT2D eigenvalue weighted by molar-refractivity contribution is -0.385. The number of anilines is 1. The molecule has 1 amide bonds. The number of nitrogens with one attached hydrogen (secondary N) is 1. The van der Waals surface area contributed by atoms with Crippen molar-refractivity contribution in [1.82, 2.24) is 0 Å². The van der Waals surface area contributed by atoms with Crippen LogP contribution in [0.3, 0.4) is 0 Å². The van der Waals surface area contributed by atoms with E-state index in [0.29, 0.717) is 6.07 Å². The fourth-order valence-corrected chi connectivity index (χ4v) is 2.52. The predicted molar refractivity (Wildman–Crippen MR) is 70.1 cm³/mol. The minimum absolute atomic E-state index is 0.211. The number of rotatable bonds is 4. The van der Waals surface area contributed by atoms with E-state index in [9.17, 15) is 24.1 Å². The number of hydrogen-bond acceptors (Lipinski definition) is 4. The molecule has 0 saturated heterocycles. The van der Waals surface area contributed by atoms with Gasteiger partial charge in [0.05, 0.1) is 28.5 Å². The molecule has 1 aromatic carbocycles. The Morgan fingerprint density at radius 1 is 1.38 bits per heavy atom. The topological polar surface area (TPSA) is 110 Å². The van der Waals surface area contributed by atoms with Crippen LogP contribution >= 0.6 is 0 Å². The SMILES string of the molecule is CC1(C)C(C(=O)O)C1C(=O)Nc1ccc([N+](=O)[O-])cc1F. The van der Waals surface area contributed by atoms with Crippen molar-refractivity contribution in [2.45, 2.75) is 13.8 Å². The van der Waals surface area contributed by atoms with Gasteiger partial charge in [-0.3, -0.25) is 19.7 Å². The van der Waals surface area contributed by atoms with Crippen LogP contribution in [0.15, 0.2) is 18.2 Å². The van der Waals surface area contributed by atoms with E-state index >= 15 is 0 Å². The lowest BCUT2D eigenvalue weighted by Crippen LogP contribution is -2.18. The van der Waals surface area contributed by atoms with Crippen molar-refractivity contribution in [3.05, 3.63) is 34.1 Å². The van der Waals surface area contributed by atoms with Crippen molar-refractivity contribution in [1.29, 1.82) is 0 Å². The van der Waals surface area contributed by atoms with Gasteiger partial charge < -0.3 is 10.4 Å². The number of nitro benzene ring substituents is 1. The lowest BCUT2D eigenvalue weighted by atomic mass is 10.1. The smallest absolute Gasteiger partial charge is 0.307 e. The third-order valence-electron chi connectivity index (χ3n) is 3.80. The van der Waals surface area contributed by atoms with Crippen molar-refractivity contribution in [3.63, 3.8) is 0 Å². The Hall–Kier alpha value is -2.51. The summed E-state index contributed by atoms with van der Waals surface area (Å²) < 4.78 is 13.7. The highest BCUT2D eigenvalue weighted by Gasteiger charge is 2.65. The molecule has 1 fully saturated rings. The zero-order chi connectivity index (χ0) is 15.9. The quantitative estimate of drug-likeness (QED) is 0.652. The molecule has 1 aliphatic rings. The summed E-state index contributed by atoms with van der Waals surface area (Å²) in [5, 5.41) is 21.8. The van der Waals surface area contributed by atoms with Gasteiger partial charge in [-0.05, 0) is 11.5 Å². The molecule has 7 nitrogen and oxygen atoms in total. The summed E-state index contributed by atoms with van der Waals surface area (Å²) >= 11 is 0. The van der Waals surface area contributed by atoms with Crippen LogP contribution < -0.4 is 5.32 Å². The molecule has 1 saturated carbocycles. The summed E-state index contributed by atoms with van der Waals surface area (Å²) in [6, 6.07) is 2.84. The van der Waals surface area contributed by atoms with E-state index in [1.807, 2.05) is 0 Å². The number of nitro groups is 1. The average molecular weight is 296 g/mol. The number of carboxylic acid groups (broad SMARTS) is 1. The molecular formula is C13H13FN2O5. The van der Waals surface area contributed by atoms with Crippen molar-refractivity contribution in [2.75, 3.05) is 5.32 Å². The molecule has 2 atom stereocenters. The van der Waals surface area contributed by atoms with Gasteiger partial charge in [-0.25, -0.2) is 4.39 Å². The van der Waals surface area contributed by atoms with Crippen molar-refractivity contribution < 1.29 is 24.0 Å². The second-order valence-electron chi connectivity index (χ2n) is 5.53. The zero-order valence-corrected chi connectivity index (χ0v) is 11.3. The summed E-state index contributed by atoms with van der Waals surface area (Å²) in [5.41, 5.74) is -1.34. The predicted octanol–water partition coefficient (Wildman–Crippen LogP) is 2.03. The first-order valence-electron chi connectivity index (χ1n) is 6.14. The van der Waals surface area contributed by atoms with Crippen LogP contribution in [-0.4, -0.2) is 21.9 Å². The Balaban J connectivity index is 2.15. The Morgan fingerprint density at radius 2 is 2.00 bits per heavy atom. The van der Waals surface area contributed by atoms with E-state index in [1.54, 1.807) is 13.8 Å². The van der Waals surface area contributed by atoms with Crippen molar-refractivity contribution >= 4 is 23.3 Å². The number of non-ortho nitro benzene ring substituents is 1. The van der Waals surface area contributed by atoms with E-state index in [0.717, 1.165) is 12.1 Å². The molecule has 0 radical (unpaired) electrons. The van der Waals surface area contributed by atoms with E-state index in [4.69, 9.17) is 5.11 Å². The van der Waals surface area contributed by atoms with Crippen LogP contribution in [-0.2, 0) is 9.59 Å². The van der Waals surface area contributed by atoms with E-state index in [-0.39, 0.29) is 5.69 Å². The first-order valence-corrected chi connectivity index (χ1v) is 6.14. The van der Waals surface area contributed by atoms with Gasteiger partial charge >= 0.3 is 5.97 Å². The normalized spacial score (nSPS) is 22.4. The first kappa shape index (κ1) is 14.9. The number of carbonyl (C=O) groups excluding carboxylic acids is 1. The van der Waals surface area contributed by atoms with Crippen LogP contribution in [0.2, 0.25) is 0 Å². The molecule has 1 aliphatic carbocycles. The van der Waals surface area contributed by atoms with Crippen LogP contribution in [0.1, 0.15) is 13.8 Å². The zero-order valence-electron chi connectivity index (χ0n) is 11.3. The number of benzene rings is 1. The van der Waals surface area contributed by atoms with Crippen LogP contribution in [0.4, 0.5) is 15.8 Å². The van der Waals surface area contributed by atoms with Crippen molar-refractivity contribution in [3.8, 4) is 0 Å². The maximum absolute atomic E-state index is 13.7. The molecule has 0 aliphatic heterocycles. The summed E-state index contributed by atoms with van der Waals surface area (Å²) in [5.74, 6) is -4.21. The number of carboxylic acids is 1. The van der Waals surface area contributed by atoms with Gasteiger partial charge in [-0.1, -0.05) is 13.8 Å². The third-order valence-corrected chi connectivity index (χ3v) is 3.80. The third kappa shape index (κ3) is 2.56. The molecule has 0 aromatic heterocycles. The van der Waals surface area contributed by atoms with Gasteiger partial charge in [0.2, 0.25) is 5.91 Å². The average Bonchev–Trinajstić information content (AvgIpc) is 2.95. The van der Waals surface area contributed by atoms with Crippen LogP contribution in [0, 0.1) is 33.2 Å². The summed E-state index contributed by atoms with van der Waals surface area (Å²) in [6.45, 7) is 3.28. The first-order chi connectivity index (χ1) is 9.66. The number of aliphatic carboxylic acids is 1. The number of hydrogen-bond donors (Lipinski definition) is 2. The second-order valence-corrected chi connectivity index (χ2v) is 5.53. The maximum Gasteiger partial charge on any atom is 0.307 e. The van der Waals surface area contributed by atoms with Crippen LogP contribution in [0.25, 0.3) is 0 Å². The maximum atomic E-state index is 13.7. The van der Waals surface area contributed by atoms with E-state index in [1.165, 1.54) is 0 Å². The lowest BCUT2D eigenvalue weighted by Gasteiger charge is -2.07. The van der Waals surface area contributed by atoms with E-state index in [2.05, 4.69) is 5.32 Å². The molecule has 112 valence electrons. The van der Waals surface area contributed by atoms with Gasteiger partial charge in [0.25, 0.3) is 5.69 Å². The fraction of sp³-hybridized carbons (Fsp3) is 0.385. The fourth-order valence-electron chi connectivity index (χ4n) is 2.52. The molecule has 0 spiro atoms. The highest BCUT2D eigenvalue weighted by Crippen LogP contribution is 2.58. The van der Waals surface area contributed by atoms with Gasteiger partial charge in [-0.15, -0.1) is 0 Å². The standard InChI is InChI=1S/C13H13FN2O5/c1-13(2)9(10(13)12(18)19)11(17)15-8-4-3-6(16(20)21)5-7(8)14/h3-5,9-10H,1-2H3,(H,15,17)(H,18,19). The van der Waals surface area contributed by atoms with Gasteiger partial charge in [-0.2, -0.15) is 0 Å². The molecule has 0 bridgehead atoms. The Kier molecular flexibility index (Phi) is 3.40. The number of amides is 1. The molecule has 2 unspecified atom stereocenters. The molecule has 0 heterocycles. The van der Waals surface area contributed by atoms with Gasteiger partial charge in [0, 0.05) is 6.07 Å². The minimum Gasteiger partial charge on any atom is -0.481 e. The Labute approximate surface area is 118 Å². The number of carbonyl (C=O) groups is 2. The summed E-state index contributed by atoms with van der Waals surface area (Å²) in [7, 11) is 0. The molecule has 8 heteroatoms. The molecular weight excluding hydrogens is 283 g/mol. The molecule has 21 heavy (non-hydrogen) atoms. The molecule has 2 rings (SSSR count). The largest absolute Gasteiger partial charge is 0.481 e. The molecule has 2 N–H and O–H groups in total. The Morgan fingerprint density at radius 3 is 2.43 bits per heavy atom. The van der Waals surface area contributed by atoms with Crippen LogP contribution in [0.5, 0.6) is 0 Å². The minimum atomic E-state index is -1.08. The van der Waals surface area contributed by atoms with Gasteiger partial charge in [0.1, 0.15) is 0 Å². The highest BCUT2D eigenvalue weighted by molar-refractivity contribution is 5.99. The van der Waals surface area contributed by atoms with Gasteiger partial charge in [0.15, 0.2) is 5.82 Å². The highest BCUT2D eigenvalue weighted by atomic mass is 19.1. The number of nitrogens with zero attached hydrogens (tertiary/aromatic N) is 1. The van der Waals surface area contributed by atoms with Crippen molar-refractivity contribution in [2.24, 2.45) is 17.3 Å².